The molecule has 0 fully saturated rings. The van der Waals surface area contributed by atoms with Crippen molar-refractivity contribution < 1.29 is 8.78 Å². The van der Waals surface area contributed by atoms with Crippen molar-refractivity contribution >= 4 is 11.6 Å². The first kappa shape index (κ1) is 20.7. The van der Waals surface area contributed by atoms with Gasteiger partial charge in [0.05, 0.1) is 24.6 Å². The smallest absolute Gasteiger partial charge is 0.264 e. The third-order valence-corrected chi connectivity index (χ3v) is 5.09. The fourth-order valence-electron chi connectivity index (χ4n) is 3.73. The molecule has 5 aromatic heterocycles. The van der Waals surface area contributed by atoms with Gasteiger partial charge in [0.15, 0.2) is 5.65 Å². The molecule has 0 radical (unpaired) electrons. The van der Waals surface area contributed by atoms with Crippen LogP contribution in [0.4, 0.5) is 14.7 Å². The highest BCUT2D eigenvalue weighted by Gasteiger charge is 2.23. The van der Waals surface area contributed by atoms with Gasteiger partial charge in [0.2, 0.25) is 5.95 Å². The standard InChI is InChI=1S/C22H21F2N9/c1-14-5-15(3-4-26-14)10-31-11-17(8-27-31)16-6-19(33-20(7-16)29-21(25)30-33)18-9-28-32(12-18)13-22(2,23)24/h3-9,11-12H,10,13H2,1-2H3,(H2,25,30). The first-order chi connectivity index (χ1) is 15.7. The molecule has 0 aliphatic rings. The van der Waals surface area contributed by atoms with Crippen LogP contribution >= 0.6 is 0 Å². The Morgan fingerprint density at radius 2 is 1.76 bits per heavy atom. The Balaban J connectivity index is 1.52. The molecule has 0 bridgehead atoms. The molecule has 5 aromatic rings. The molecule has 11 heteroatoms. The van der Waals surface area contributed by atoms with Gasteiger partial charge in [-0.25, -0.2) is 13.3 Å². The zero-order valence-electron chi connectivity index (χ0n) is 18.0. The maximum Gasteiger partial charge on any atom is 0.264 e. The molecule has 0 atom stereocenters. The average Bonchev–Trinajstić information content (AvgIpc) is 3.45. The summed E-state index contributed by atoms with van der Waals surface area (Å²) in [5.74, 6) is -2.76. The molecule has 0 saturated heterocycles. The lowest BCUT2D eigenvalue weighted by molar-refractivity contribution is 0.000603. The minimum Gasteiger partial charge on any atom is -0.366 e. The van der Waals surface area contributed by atoms with Crippen molar-refractivity contribution in [3.8, 4) is 22.4 Å². The number of hydrogen-bond donors (Lipinski definition) is 1. The zero-order valence-corrected chi connectivity index (χ0v) is 18.0. The molecule has 5 rings (SSSR count). The minimum atomic E-state index is -2.87. The number of nitrogens with zero attached hydrogens (tertiary/aromatic N) is 8. The van der Waals surface area contributed by atoms with E-state index in [0.29, 0.717) is 23.4 Å². The van der Waals surface area contributed by atoms with Crippen molar-refractivity contribution in [2.75, 3.05) is 5.73 Å². The Kier molecular flexibility index (Phi) is 4.88. The monoisotopic (exact) mass is 449 g/mol. The van der Waals surface area contributed by atoms with Crippen LogP contribution in [-0.2, 0) is 13.1 Å². The van der Waals surface area contributed by atoms with Crippen molar-refractivity contribution in [1.82, 2.24) is 39.1 Å². The van der Waals surface area contributed by atoms with Crippen LogP contribution in [0.1, 0.15) is 18.2 Å². The number of fused-ring (bicyclic) bond motifs is 1. The summed E-state index contributed by atoms with van der Waals surface area (Å²) in [6.07, 6.45) is 8.57. The molecule has 0 aliphatic heterocycles. The summed E-state index contributed by atoms with van der Waals surface area (Å²) in [5.41, 5.74) is 11.4. The quantitative estimate of drug-likeness (QED) is 0.426. The number of hydrogen-bond acceptors (Lipinski definition) is 6. The summed E-state index contributed by atoms with van der Waals surface area (Å²) in [5, 5.41) is 12.8. The van der Waals surface area contributed by atoms with Gasteiger partial charge in [-0.1, -0.05) is 0 Å². The van der Waals surface area contributed by atoms with Gasteiger partial charge >= 0.3 is 0 Å². The highest BCUT2D eigenvalue weighted by atomic mass is 19.3. The van der Waals surface area contributed by atoms with Crippen molar-refractivity contribution in [2.45, 2.75) is 32.9 Å². The fraction of sp³-hybridized carbons (Fsp3) is 0.227. The summed E-state index contributed by atoms with van der Waals surface area (Å²) in [4.78, 5) is 8.51. The van der Waals surface area contributed by atoms with Gasteiger partial charge in [-0.3, -0.25) is 14.3 Å². The third kappa shape index (κ3) is 4.43. The van der Waals surface area contributed by atoms with Gasteiger partial charge < -0.3 is 5.73 Å². The molecule has 5 heterocycles. The lowest BCUT2D eigenvalue weighted by atomic mass is 10.1. The molecule has 0 aromatic carbocycles. The van der Waals surface area contributed by atoms with E-state index >= 15 is 0 Å². The number of anilines is 1. The van der Waals surface area contributed by atoms with Crippen LogP contribution in [0.2, 0.25) is 0 Å². The number of nitrogens with two attached hydrogens (primary N) is 1. The van der Waals surface area contributed by atoms with Gasteiger partial charge in [0.25, 0.3) is 5.92 Å². The van der Waals surface area contributed by atoms with Crippen LogP contribution in [0.3, 0.4) is 0 Å². The number of alkyl halides is 2. The van der Waals surface area contributed by atoms with Crippen LogP contribution < -0.4 is 5.73 Å². The number of nitrogen functional groups attached to an aromatic ring is 1. The van der Waals surface area contributed by atoms with E-state index in [1.165, 1.54) is 10.9 Å². The number of halogens is 2. The van der Waals surface area contributed by atoms with E-state index in [0.717, 1.165) is 29.3 Å². The van der Waals surface area contributed by atoms with Crippen molar-refractivity contribution in [3.05, 3.63) is 66.5 Å². The largest absolute Gasteiger partial charge is 0.366 e. The minimum absolute atomic E-state index is 0.115. The predicted octanol–water partition coefficient (Wildman–Crippen LogP) is 3.45. The highest BCUT2D eigenvalue weighted by Crippen LogP contribution is 2.28. The predicted molar refractivity (Wildman–Crippen MR) is 119 cm³/mol. The second-order valence-corrected chi connectivity index (χ2v) is 8.10. The van der Waals surface area contributed by atoms with Gasteiger partial charge in [-0.2, -0.15) is 15.2 Å². The Hall–Kier alpha value is -4.15. The number of pyridine rings is 2. The lowest BCUT2D eigenvalue weighted by Crippen LogP contribution is -2.19. The second-order valence-electron chi connectivity index (χ2n) is 8.10. The van der Waals surface area contributed by atoms with E-state index in [-0.39, 0.29) is 5.95 Å². The number of aryl methyl sites for hydroxylation is 1. The maximum absolute atomic E-state index is 13.4. The van der Waals surface area contributed by atoms with Gasteiger partial charge in [0.1, 0.15) is 6.54 Å². The molecule has 168 valence electrons. The maximum atomic E-state index is 13.4. The van der Waals surface area contributed by atoms with E-state index in [9.17, 15) is 8.78 Å². The van der Waals surface area contributed by atoms with E-state index in [1.54, 1.807) is 23.1 Å². The molecular weight excluding hydrogens is 428 g/mol. The zero-order chi connectivity index (χ0) is 23.2. The molecule has 2 N–H and O–H groups in total. The van der Waals surface area contributed by atoms with Gasteiger partial charge in [-0.15, -0.1) is 5.10 Å². The molecule has 9 nitrogen and oxygen atoms in total. The van der Waals surface area contributed by atoms with Crippen LogP contribution in [0.25, 0.3) is 28.0 Å². The van der Waals surface area contributed by atoms with E-state index in [4.69, 9.17) is 5.73 Å². The Bertz CT molecular complexity index is 1440. The molecule has 0 aliphatic carbocycles. The highest BCUT2D eigenvalue weighted by molar-refractivity contribution is 5.74. The summed E-state index contributed by atoms with van der Waals surface area (Å²) in [6.45, 7) is 2.89. The average molecular weight is 449 g/mol. The molecule has 0 saturated carbocycles. The SMILES string of the molecule is Cc1cc(Cn2cc(-c3cc(-c4cnn(CC(C)(F)F)c4)n4nc(N)nc4c3)cn2)ccn1. The fourth-order valence-corrected chi connectivity index (χ4v) is 3.73. The van der Waals surface area contributed by atoms with Crippen molar-refractivity contribution in [3.63, 3.8) is 0 Å². The van der Waals surface area contributed by atoms with Gasteiger partial charge in [-0.05, 0) is 42.3 Å². The topological polar surface area (TPSA) is 105 Å². The summed E-state index contributed by atoms with van der Waals surface area (Å²) >= 11 is 0. The molecule has 33 heavy (non-hydrogen) atoms. The van der Waals surface area contributed by atoms with Crippen LogP contribution in [0, 0.1) is 6.92 Å². The first-order valence-electron chi connectivity index (χ1n) is 10.2. The van der Waals surface area contributed by atoms with Crippen molar-refractivity contribution in [1.29, 1.82) is 0 Å². The Labute approximate surface area is 187 Å². The summed E-state index contributed by atoms with van der Waals surface area (Å²) in [6, 6.07) is 7.72. The first-order valence-corrected chi connectivity index (χ1v) is 10.2. The molecule has 0 spiro atoms. The Morgan fingerprint density at radius 1 is 1.00 bits per heavy atom. The van der Waals surface area contributed by atoms with Crippen molar-refractivity contribution in [2.24, 2.45) is 0 Å². The van der Waals surface area contributed by atoms with Crippen LogP contribution in [-0.4, -0.2) is 45.1 Å². The number of aromatic nitrogens is 8. The van der Waals surface area contributed by atoms with Gasteiger partial charge in [0, 0.05) is 42.3 Å². The Morgan fingerprint density at radius 3 is 2.55 bits per heavy atom. The third-order valence-electron chi connectivity index (χ3n) is 5.09. The summed E-state index contributed by atoms with van der Waals surface area (Å²) in [7, 11) is 0. The summed E-state index contributed by atoms with van der Waals surface area (Å²) < 4.78 is 31.5. The van der Waals surface area contributed by atoms with Crippen LogP contribution in [0.15, 0.2) is 55.2 Å². The van der Waals surface area contributed by atoms with E-state index < -0.39 is 12.5 Å². The second kappa shape index (κ2) is 7.76. The normalized spacial score (nSPS) is 12.0. The molecule has 0 amide bonds. The molecular formula is C22H21F2N9. The lowest BCUT2D eigenvalue weighted by Gasteiger charge is -2.09. The van der Waals surface area contributed by atoms with Crippen LogP contribution in [0.5, 0.6) is 0 Å². The number of rotatable bonds is 6. The van der Waals surface area contributed by atoms with E-state index in [1.807, 2.05) is 42.1 Å². The van der Waals surface area contributed by atoms with E-state index in [2.05, 4.69) is 25.3 Å². The molecule has 0 unspecified atom stereocenters.